The van der Waals surface area contributed by atoms with E-state index in [-0.39, 0.29) is 0 Å². The summed E-state index contributed by atoms with van der Waals surface area (Å²) in [7, 11) is 0. The van der Waals surface area contributed by atoms with Crippen molar-refractivity contribution in [2.45, 2.75) is 19.4 Å². The van der Waals surface area contributed by atoms with Gasteiger partial charge in [-0.1, -0.05) is 23.2 Å². The quantitative estimate of drug-likeness (QED) is 0.787. The highest BCUT2D eigenvalue weighted by Crippen LogP contribution is 2.27. The molecule has 0 spiro atoms. The van der Waals surface area contributed by atoms with Gasteiger partial charge in [-0.3, -0.25) is 0 Å². The number of pyridine rings is 1. The second kappa shape index (κ2) is 4.56. The minimum Gasteiger partial charge on any atom is -0.378 e. The molecule has 5 heteroatoms. The summed E-state index contributed by atoms with van der Waals surface area (Å²) in [6.07, 6.45) is 1.11. The lowest BCUT2D eigenvalue weighted by Gasteiger charge is -2.16. The van der Waals surface area contributed by atoms with E-state index in [1.54, 1.807) is 0 Å². The van der Waals surface area contributed by atoms with Crippen LogP contribution in [0.3, 0.4) is 0 Å². The smallest absolute Gasteiger partial charge is 0.154 e. The van der Waals surface area contributed by atoms with Crippen molar-refractivity contribution in [3.63, 3.8) is 0 Å². The molecule has 0 bridgehead atoms. The Kier molecular flexibility index (Phi) is 3.34. The van der Waals surface area contributed by atoms with Gasteiger partial charge in [0.15, 0.2) is 5.15 Å². The molecule has 1 aliphatic heterocycles. The summed E-state index contributed by atoms with van der Waals surface area (Å²) in [5.41, 5.74) is 1.93. The van der Waals surface area contributed by atoms with E-state index in [9.17, 15) is 0 Å². The van der Waals surface area contributed by atoms with Crippen molar-refractivity contribution in [3.8, 4) is 0 Å². The van der Waals surface area contributed by atoms with Crippen molar-refractivity contribution in [2.75, 3.05) is 18.4 Å². The molecule has 82 valence electrons. The zero-order chi connectivity index (χ0) is 10.8. The number of hydrogen-bond acceptors (Lipinski definition) is 3. The second-order valence-electron chi connectivity index (χ2n) is 3.76. The Balaban J connectivity index is 2.19. The first-order valence-electron chi connectivity index (χ1n) is 4.96. The van der Waals surface area contributed by atoms with Gasteiger partial charge in [-0.25, -0.2) is 4.98 Å². The van der Waals surface area contributed by atoms with Crippen molar-refractivity contribution >= 4 is 28.9 Å². The van der Waals surface area contributed by atoms with Gasteiger partial charge in [0.25, 0.3) is 0 Å². The summed E-state index contributed by atoms with van der Waals surface area (Å²) < 4.78 is 0. The molecule has 0 amide bonds. The van der Waals surface area contributed by atoms with Crippen LogP contribution in [0.4, 0.5) is 5.69 Å². The van der Waals surface area contributed by atoms with Crippen LogP contribution in [-0.4, -0.2) is 24.1 Å². The average Bonchev–Trinajstić information content (AvgIpc) is 2.63. The zero-order valence-electron chi connectivity index (χ0n) is 8.48. The molecule has 15 heavy (non-hydrogen) atoms. The fourth-order valence-electron chi connectivity index (χ4n) is 1.75. The Hall–Kier alpha value is -0.510. The highest BCUT2D eigenvalue weighted by molar-refractivity contribution is 6.34. The molecule has 2 heterocycles. The highest BCUT2D eigenvalue weighted by atomic mass is 35.5. The molecule has 1 aromatic heterocycles. The van der Waals surface area contributed by atoms with Crippen molar-refractivity contribution in [1.82, 2.24) is 10.3 Å². The molecule has 1 fully saturated rings. The lowest BCUT2D eigenvalue weighted by atomic mass is 10.2. The van der Waals surface area contributed by atoms with Gasteiger partial charge in [-0.05, 0) is 31.5 Å². The maximum Gasteiger partial charge on any atom is 0.154 e. The topological polar surface area (TPSA) is 37.0 Å². The minimum atomic E-state index is 0.434. The maximum atomic E-state index is 6.03. The van der Waals surface area contributed by atoms with Crippen LogP contribution in [0.1, 0.15) is 12.0 Å². The number of nitrogens with zero attached hydrogens (tertiary/aromatic N) is 1. The van der Waals surface area contributed by atoms with Crippen molar-refractivity contribution in [3.05, 3.63) is 21.9 Å². The third-order valence-electron chi connectivity index (χ3n) is 2.55. The Morgan fingerprint density at radius 1 is 1.53 bits per heavy atom. The van der Waals surface area contributed by atoms with Crippen LogP contribution in [0.2, 0.25) is 10.3 Å². The number of rotatable bonds is 2. The Morgan fingerprint density at radius 3 is 2.93 bits per heavy atom. The number of hydrogen-bond donors (Lipinski definition) is 2. The zero-order valence-corrected chi connectivity index (χ0v) is 9.99. The van der Waals surface area contributed by atoms with E-state index < -0.39 is 0 Å². The van der Waals surface area contributed by atoms with Gasteiger partial charge >= 0.3 is 0 Å². The van der Waals surface area contributed by atoms with Gasteiger partial charge in [-0.15, -0.1) is 0 Å². The molecule has 2 N–H and O–H groups in total. The largest absolute Gasteiger partial charge is 0.378 e. The SMILES string of the molecule is Cc1cc(Cl)nc(Cl)c1NC1CCNC1. The van der Waals surface area contributed by atoms with Crippen LogP contribution in [0.5, 0.6) is 0 Å². The van der Waals surface area contributed by atoms with Crippen molar-refractivity contribution in [1.29, 1.82) is 0 Å². The molecule has 3 nitrogen and oxygen atoms in total. The molecule has 1 aliphatic rings. The number of aromatic nitrogens is 1. The molecule has 0 radical (unpaired) electrons. The van der Waals surface area contributed by atoms with Crippen molar-refractivity contribution < 1.29 is 0 Å². The molecular weight excluding hydrogens is 233 g/mol. The second-order valence-corrected chi connectivity index (χ2v) is 4.51. The monoisotopic (exact) mass is 245 g/mol. The summed E-state index contributed by atoms with van der Waals surface area (Å²) >= 11 is 11.8. The van der Waals surface area contributed by atoms with Gasteiger partial charge in [0.05, 0.1) is 5.69 Å². The highest BCUT2D eigenvalue weighted by Gasteiger charge is 2.17. The van der Waals surface area contributed by atoms with Gasteiger partial charge < -0.3 is 10.6 Å². The van der Waals surface area contributed by atoms with E-state index in [0.29, 0.717) is 16.3 Å². The number of aryl methyl sites for hydroxylation is 1. The summed E-state index contributed by atoms with van der Waals surface area (Å²) in [4.78, 5) is 4.02. The summed E-state index contributed by atoms with van der Waals surface area (Å²) in [5, 5.41) is 7.57. The molecule has 1 unspecified atom stereocenters. The van der Waals surface area contributed by atoms with E-state index in [0.717, 1.165) is 30.8 Å². The van der Waals surface area contributed by atoms with Gasteiger partial charge in [0.1, 0.15) is 5.15 Å². The number of anilines is 1. The summed E-state index contributed by atoms with van der Waals surface area (Å²) in [6.45, 7) is 4.00. The third kappa shape index (κ3) is 2.54. The van der Waals surface area contributed by atoms with E-state index >= 15 is 0 Å². The van der Waals surface area contributed by atoms with Crippen LogP contribution in [-0.2, 0) is 0 Å². The first kappa shape index (κ1) is 11.0. The maximum absolute atomic E-state index is 6.03. The van der Waals surface area contributed by atoms with Gasteiger partial charge in [0.2, 0.25) is 0 Å². The van der Waals surface area contributed by atoms with E-state index in [4.69, 9.17) is 23.2 Å². The van der Waals surface area contributed by atoms with Crippen LogP contribution < -0.4 is 10.6 Å². The molecular formula is C10H13Cl2N3. The normalized spacial score (nSPS) is 20.6. The Morgan fingerprint density at radius 2 is 2.33 bits per heavy atom. The summed E-state index contributed by atoms with van der Waals surface area (Å²) in [5.74, 6) is 0. The minimum absolute atomic E-state index is 0.434. The fourth-order valence-corrected chi connectivity index (χ4v) is 2.34. The molecule has 1 atom stereocenters. The first-order chi connectivity index (χ1) is 7.16. The summed E-state index contributed by atoms with van der Waals surface area (Å²) in [6, 6.07) is 2.25. The first-order valence-corrected chi connectivity index (χ1v) is 5.72. The third-order valence-corrected chi connectivity index (χ3v) is 3.02. The van der Waals surface area contributed by atoms with Gasteiger partial charge in [0, 0.05) is 12.6 Å². The number of nitrogens with one attached hydrogen (secondary N) is 2. The average molecular weight is 246 g/mol. The lowest BCUT2D eigenvalue weighted by Crippen LogP contribution is -2.22. The van der Waals surface area contributed by atoms with Crippen LogP contribution in [0, 0.1) is 6.92 Å². The number of halogens is 2. The van der Waals surface area contributed by atoms with E-state index in [1.165, 1.54) is 0 Å². The standard InChI is InChI=1S/C10H13Cl2N3/c1-6-4-8(11)15-10(12)9(6)14-7-2-3-13-5-7/h4,7,13-14H,2-3,5H2,1H3. The Labute approximate surface area is 99.2 Å². The Bertz CT molecular complexity index is 339. The molecule has 1 aromatic rings. The lowest BCUT2D eigenvalue weighted by molar-refractivity contribution is 0.791. The molecule has 2 rings (SSSR count). The van der Waals surface area contributed by atoms with Crippen LogP contribution >= 0.6 is 23.2 Å². The molecule has 0 aliphatic carbocycles. The molecule has 0 saturated carbocycles. The molecule has 1 saturated heterocycles. The van der Waals surface area contributed by atoms with Crippen LogP contribution in [0.15, 0.2) is 6.07 Å². The predicted molar refractivity (Wildman–Crippen MR) is 63.9 cm³/mol. The van der Waals surface area contributed by atoms with Gasteiger partial charge in [-0.2, -0.15) is 0 Å². The molecule has 0 aromatic carbocycles. The predicted octanol–water partition coefficient (Wildman–Crippen LogP) is 2.47. The van der Waals surface area contributed by atoms with E-state index in [1.807, 2.05) is 13.0 Å². The van der Waals surface area contributed by atoms with Crippen LogP contribution in [0.25, 0.3) is 0 Å². The van der Waals surface area contributed by atoms with E-state index in [2.05, 4.69) is 15.6 Å². The van der Waals surface area contributed by atoms with Crippen molar-refractivity contribution in [2.24, 2.45) is 0 Å². The fraction of sp³-hybridized carbons (Fsp3) is 0.500.